The minimum Gasteiger partial charge on any atom is -0.494 e. The van der Waals surface area contributed by atoms with Crippen molar-refractivity contribution in [1.29, 1.82) is 0 Å². The van der Waals surface area contributed by atoms with E-state index in [2.05, 4.69) is 91.2 Å². The monoisotopic (exact) mass is 442 g/mol. The quantitative estimate of drug-likeness (QED) is 0.358. The van der Waals surface area contributed by atoms with Gasteiger partial charge in [0.1, 0.15) is 5.75 Å². The summed E-state index contributed by atoms with van der Waals surface area (Å²) in [7, 11) is -1.30. The van der Waals surface area contributed by atoms with Crippen LogP contribution in [0, 0.1) is 23.2 Å². The van der Waals surface area contributed by atoms with Crippen LogP contribution in [0.1, 0.15) is 38.5 Å². The molecule has 0 N–H and O–H groups in total. The van der Waals surface area contributed by atoms with E-state index in [9.17, 15) is 0 Å². The Balaban J connectivity index is 1.19. The molecule has 0 amide bonds. The molecule has 3 aromatic carbocycles. The molecule has 1 nitrogen and oxygen atoms in total. The van der Waals surface area contributed by atoms with Crippen LogP contribution in [0.2, 0.25) is 0 Å². The number of hydrogen-bond donors (Lipinski definition) is 0. The molecule has 0 spiro atoms. The molecule has 2 heteroatoms. The van der Waals surface area contributed by atoms with Gasteiger partial charge in [-0.15, -0.1) is 0 Å². The Bertz CT molecular complexity index is 1010. The van der Waals surface area contributed by atoms with E-state index in [0.717, 1.165) is 30.1 Å². The average Bonchev–Trinajstić information content (AvgIpc) is 3.23. The van der Waals surface area contributed by atoms with Crippen molar-refractivity contribution in [3.63, 3.8) is 0 Å². The molecule has 3 aromatic rings. The second kappa shape index (κ2) is 7.99. The molecule has 7 rings (SSSR count). The summed E-state index contributed by atoms with van der Waals surface area (Å²) in [6.07, 6.45) is 11.2. The first-order valence-electron chi connectivity index (χ1n) is 12.3. The molecule has 2 unspecified atom stereocenters. The fraction of sp³-hybridized carbons (Fsp3) is 0.400. The van der Waals surface area contributed by atoms with Crippen LogP contribution in [0.5, 0.6) is 5.75 Å². The summed E-state index contributed by atoms with van der Waals surface area (Å²) in [5, 5.41) is 0. The van der Waals surface area contributed by atoms with E-state index in [1.807, 2.05) is 0 Å². The first kappa shape index (κ1) is 20.4. The third-order valence-corrected chi connectivity index (χ3v) is 12.4. The van der Waals surface area contributed by atoms with Crippen LogP contribution in [0.25, 0.3) is 0 Å². The van der Waals surface area contributed by atoms with Crippen molar-refractivity contribution in [2.75, 3.05) is 12.9 Å². The van der Waals surface area contributed by atoms with Gasteiger partial charge in [-0.05, 0) is 131 Å². The summed E-state index contributed by atoms with van der Waals surface area (Å²) in [5.74, 6) is 4.08. The molecule has 4 fully saturated rings. The third kappa shape index (κ3) is 3.39. The van der Waals surface area contributed by atoms with Crippen molar-refractivity contribution < 1.29 is 4.74 Å². The lowest BCUT2D eigenvalue weighted by atomic mass is 9.74. The van der Waals surface area contributed by atoms with E-state index in [0.29, 0.717) is 5.41 Å². The molecular weight excluding hydrogens is 408 g/mol. The second-order valence-electron chi connectivity index (χ2n) is 10.5. The Morgan fingerprint density at radius 2 is 1.25 bits per heavy atom. The first-order valence-corrected chi connectivity index (χ1v) is 14.3. The molecular formula is C30H34OS. The molecule has 166 valence electrons. The van der Waals surface area contributed by atoms with Crippen LogP contribution in [-0.2, 0) is 0 Å². The smallest absolute Gasteiger partial charge is 0.119 e. The van der Waals surface area contributed by atoms with Crippen LogP contribution in [0.3, 0.4) is 0 Å². The number of hydrogen-bond acceptors (Lipinski definition) is 1. The van der Waals surface area contributed by atoms with Gasteiger partial charge in [-0.1, -0.05) is 36.4 Å². The van der Waals surface area contributed by atoms with Crippen LogP contribution in [0.15, 0.2) is 99.6 Å². The highest BCUT2D eigenvalue weighted by molar-refractivity contribution is 8.33. The fourth-order valence-electron chi connectivity index (χ4n) is 7.35. The standard InChI is InChI=1S/C30H34OS/c1-32(27-8-4-2-5-9-27,28-10-6-3-7-11-28)29-14-12-26(13-15-29)31-17-16-30-21-23-18-24(22-30)20-25(30)19-23/h2-15,23-25H,16-22H2,1H3. The third-order valence-electron chi connectivity index (χ3n) is 8.75. The topological polar surface area (TPSA) is 9.23 Å². The number of rotatable bonds is 7. The maximum atomic E-state index is 6.31. The van der Waals surface area contributed by atoms with E-state index < -0.39 is 10.0 Å². The summed E-state index contributed by atoms with van der Waals surface area (Å²) in [6.45, 7) is 0.872. The van der Waals surface area contributed by atoms with E-state index in [1.165, 1.54) is 53.2 Å². The maximum Gasteiger partial charge on any atom is 0.119 e. The van der Waals surface area contributed by atoms with E-state index in [4.69, 9.17) is 4.74 Å². The lowest BCUT2D eigenvalue weighted by molar-refractivity contribution is 0.147. The summed E-state index contributed by atoms with van der Waals surface area (Å²) in [6, 6.07) is 30.9. The normalized spacial score (nSPS) is 28.7. The molecule has 4 aliphatic carbocycles. The van der Waals surface area contributed by atoms with Gasteiger partial charge in [0.25, 0.3) is 0 Å². The van der Waals surface area contributed by atoms with Gasteiger partial charge in [-0.2, -0.15) is 10.0 Å². The molecule has 0 radical (unpaired) electrons. The van der Waals surface area contributed by atoms with Crippen LogP contribution in [-0.4, -0.2) is 12.9 Å². The molecule has 2 atom stereocenters. The number of benzene rings is 3. The average molecular weight is 443 g/mol. The minimum absolute atomic E-state index is 0.622. The molecule has 32 heavy (non-hydrogen) atoms. The van der Waals surface area contributed by atoms with E-state index >= 15 is 0 Å². The van der Waals surface area contributed by atoms with Gasteiger partial charge in [0, 0.05) is 0 Å². The zero-order valence-corrected chi connectivity index (χ0v) is 19.9. The largest absolute Gasteiger partial charge is 0.494 e. The molecule has 4 aliphatic rings. The molecule has 0 aromatic heterocycles. The van der Waals surface area contributed by atoms with Crippen LogP contribution >= 0.6 is 10.0 Å². The highest BCUT2D eigenvalue weighted by atomic mass is 32.3. The Labute approximate surface area is 194 Å². The van der Waals surface area contributed by atoms with E-state index in [-0.39, 0.29) is 0 Å². The maximum absolute atomic E-state index is 6.31. The predicted octanol–water partition coefficient (Wildman–Crippen LogP) is 8.19. The van der Waals surface area contributed by atoms with Crippen LogP contribution in [0.4, 0.5) is 0 Å². The Morgan fingerprint density at radius 3 is 1.81 bits per heavy atom. The van der Waals surface area contributed by atoms with Crippen molar-refractivity contribution >= 4 is 10.0 Å². The fourth-order valence-corrected chi connectivity index (χ4v) is 10.2. The van der Waals surface area contributed by atoms with Crippen molar-refractivity contribution in [2.45, 2.75) is 53.2 Å². The lowest BCUT2D eigenvalue weighted by Gasteiger charge is -2.37. The Hall–Kier alpha value is -2.19. The second-order valence-corrected chi connectivity index (χ2v) is 13.8. The summed E-state index contributed by atoms with van der Waals surface area (Å²) >= 11 is 0. The zero-order valence-electron chi connectivity index (χ0n) is 19.1. The number of ether oxygens (including phenoxy) is 1. The Kier molecular flexibility index (Phi) is 5.10. The lowest BCUT2D eigenvalue weighted by Crippen LogP contribution is -2.25. The van der Waals surface area contributed by atoms with Gasteiger partial charge in [0.2, 0.25) is 0 Å². The predicted molar refractivity (Wildman–Crippen MR) is 134 cm³/mol. The highest BCUT2D eigenvalue weighted by Crippen LogP contribution is 2.67. The van der Waals surface area contributed by atoms with Gasteiger partial charge in [-0.25, -0.2) is 0 Å². The molecule has 0 saturated heterocycles. The van der Waals surface area contributed by atoms with Gasteiger partial charge in [-0.3, -0.25) is 0 Å². The van der Waals surface area contributed by atoms with E-state index in [1.54, 1.807) is 0 Å². The van der Waals surface area contributed by atoms with Crippen molar-refractivity contribution in [2.24, 2.45) is 23.2 Å². The molecule has 4 saturated carbocycles. The van der Waals surface area contributed by atoms with Crippen molar-refractivity contribution in [1.82, 2.24) is 0 Å². The zero-order chi connectivity index (χ0) is 21.6. The molecule has 0 aliphatic heterocycles. The first-order chi connectivity index (χ1) is 15.7. The Morgan fingerprint density at radius 1 is 0.719 bits per heavy atom. The van der Waals surface area contributed by atoms with Crippen molar-refractivity contribution in [3.05, 3.63) is 84.9 Å². The van der Waals surface area contributed by atoms with Gasteiger partial charge in [0.05, 0.1) is 6.61 Å². The van der Waals surface area contributed by atoms with Gasteiger partial charge in [0.15, 0.2) is 0 Å². The molecule has 0 heterocycles. The van der Waals surface area contributed by atoms with Gasteiger partial charge >= 0.3 is 0 Å². The van der Waals surface area contributed by atoms with Crippen LogP contribution < -0.4 is 4.74 Å². The summed E-state index contributed by atoms with van der Waals surface area (Å²) in [4.78, 5) is 4.17. The summed E-state index contributed by atoms with van der Waals surface area (Å²) < 4.78 is 6.31. The van der Waals surface area contributed by atoms with Crippen molar-refractivity contribution in [3.8, 4) is 5.75 Å². The highest BCUT2D eigenvalue weighted by Gasteiger charge is 2.57. The SMILES string of the molecule is CS(c1ccccc1)(c1ccccc1)c1ccc(OCCC23CC4CC(CC2C4)C3)cc1. The minimum atomic E-state index is -1.30. The molecule has 4 bridgehead atoms. The van der Waals surface area contributed by atoms with Gasteiger partial charge < -0.3 is 4.74 Å². The summed E-state index contributed by atoms with van der Waals surface area (Å²) in [5.41, 5.74) is 0.622.